The smallest absolute Gasteiger partial charge is 0.338 e. The second kappa shape index (κ2) is 16.8. The SMILES string of the molecule is CC(=O)N[C@@H](CC(C)C)C(=O)N[C@@H](Cc1ccc([N+](=O)[O-])cc1)C(=O)N[C@@H](CCC[NH+]=C(N)N)[13CH]=O.[Cl-]. The van der Waals surface area contributed by atoms with E-state index >= 15 is 0 Å². The summed E-state index contributed by atoms with van der Waals surface area (Å²) in [6.07, 6.45) is 1.74. The number of aldehydes is 1. The van der Waals surface area contributed by atoms with Crippen LogP contribution in [0, 0.1) is 16.0 Å². The predicted molar refractivity (Wildman–Crippen MR) is 132 cm³/mol. The summed E-state index contributed by atoms with van der Waals surface area (Å²) >= 11 is 0. The van der Waals surface area contributed by atoms with Crippen molar-refractivity contribution in [1.82, 2.24) is 16.0 Å². The third-order valence-corrected chi connectivity index (χ3v) is 5.13. The molecule has 0 saturated heterocycles. The number of nitrogens with one attached hydrogen (secondary N) is 4. The number of hydrogen-bond acceptors (Lipinski definition) is 6. The zero-order valence-electron chi connectivity index (χ0n) is 21.2. The number of non-ortho nitro benzene ring substituents is 1. The van der Waals surface area contributed by atoms with E-state index in [0.717, 1.165) is 0 Å². The molecule has 0 radical (unpaired) electrons. The van der Waals surface area contributed by atoms with Crippen LogP contribution in [-0.4, -0.2) is 59.6 Å². The van der Waals surface area contributed by atoms with Gasteiger partial charge in [0.15, 0.2) is 0 Å². The van der Waals surface area contributed by atoms with Gasteiger partial charge in [-0.2, -0.15) is 0 Å². The minimum absolute atomic E-state index is 0. The molecule has 0 aliphatic rings. The summed E-state index contributed by atoms with van der Waals surface area (Å²) < 4.78 is 0. The number of nitro benzene ring substituents is 1. The molecule has 1 aromatic carbocycles. The van der Waals surface area contributed by atoms with Gasteiger partial charge in [-0.05, 0) is 30.7 Å². The predicted octanol–water partition coefficient (Wildman–Crippen LogP) is -5.01. The maximum atomic E-state index is 13.1. The van der Waals surface area contributed by atoms with E-state index in [2.05, 4.69) is 20.9 Å². The van der Waals surface area contributed by atoms with Crippen molar-refractivity contribution in [2.75, 3.05) is 6.54 Å². The Balaban J connectivity index is 0.0000130. The van der Waals surface area contributed by atoms with E-state index in [4.69, 9.17) is 11.5 Å². The van der Waals surface area contributed by atoms with Gasteiger partial charge in [0.1, 0.15) is 18.4 Å². The summed E-state index contributed by atoms with van der Waals surface area (Å²) in [5.74, 6) is -1.42. The Morgan fingerprint density at radius 1 is 1.05 bits per heavy atom. The number of amides is 3. The van der Waals surface area contributed by atoms with Gasteiger partial charge < -0.3 is 33.2 Å². The number of nitro groups is 1. The standard InChI is InChI=1S/C23H35N7O6.ClH/c1-14(2)11-19(27-15(3)32)22(34)29-20(12-16-6-8-18(9-7-16)30(35)36)21(33)28-17(13-31)5-4-10-26-23(24)25;/h6-9,13-14,17,19-20H,4-5,10-12H2,1-3H3,(H,27,32)(H,28,33)(H,29,34)(H4,24,25,26);1H/t17-,19-,20-;/m0./s1/i13+1;. The largest absolute Gasteiger partial charge is 1.00 e. The van der Waals surface area contributed by atoms with Crippen LogP contribution in [0.3, 0.4) is 0 Å². The van der Waals surface area contributed by atoms with Gasteiger partial charge in [-0.1, -0.05) is 26.0 Å². The molecule has 206 valence electrons. The van der Waals surface area contributed by atoms with E-state index in [9.17, 15) is 29.3 Å². The van der Waals surface area contributed by atoms with Crippen molar-refractivity contribution in [3.63, 3.8) is 0 Å². The Hall–Kier alpha value is -3.74. The van der Waals surface area contributed by atoms with Crippen molar-refractivity contribution in [3.05, 3.63) is 39.9 Å². The fourth-order valence-electron chi connectivity index (χ4n) is 3.43. The van der Waals surface area contributed by atoms with Gasteiger partial charge in [0.05, 0.1) is 17.5 Å². The molecule has 37 heavy (non-hydrogen) atoms. The summed E-state index contributed by atoms with van der Waals surface area (Å²) in [4.78, 5) is 62.3. The number of nitrogens with zero attached hydrogens (tertiary/aromatic N) is 1. The Bertz CT molecular complexity index is 951. The van der Waals surface area contributed by atoms with Gasteiger partial charge in [0, 0.05) is 25.5 Å². The van der Waals surface area contributed by atoms with Crippen LogP contribution >= 0.6 is 0 Å². The molecule has 3 atom stereocenters. The lowest BCUT2D eigenvalue weighted by molar-refractivity contribution is -0.459. The van der Waals surface area contributed by atoms with Crippen molar-refractivity contribution >= 4 is 35.7 Å². The molecule has 0 heterocycles. The van der Waals surface area contributed by atoms with Crippen molar-refractivity contribution in [3.8, 4) is 0 Å². The highest BCUT2D eigenvalue weighted by Crippen LogP contribution is 2.14. The van der Waals surface area contributed by atoms with Gasteiger partial charge in [0.25, 0.3) is 5.69 Å². The lowest BCUT2D eigenvalue weighted by atomic mass is 10.0. The molecule has 1 aromatic rings. The first-order valence-corrected chi connectivity index (χ1v) is 11.6. The fourth-order valence-corrected chi connectivity index (χ4v) is 3.43. The second-order valence-electron chi connectivity index (χ2n) is 8.85. The summed E-state index contributed by atoms with van der Waals surface area (Å²) in [7, 11) is 0. The third kappa shape index (κ3) is 13.2. The first kappa shape index (κ1) is 33.3. The molecule has 1 rings (SSSR count). The van der Waals surface area contributed by atoms with E-state index < -0.39 is 40.8 Å². The Morgan fingerprint density at radius 2 is 1.65 bits per heavy atom. The average Bonchev–Trinajstić information content (AvgIpc) is 2.79. The van der Waals surface area contributed by atoms with Gasteiger partial charge in [0.2, 0.25) is 17.7 Å². The van der Waals surface area contributed by atoms with Crippen molar-refractivity contribution in [2.45, 2.75) is 64.6 Å². The number of hydrogen-bond donors (Lipinski definition) is 6. The van der Waals surface area contributed by atoms with E-state index in [1.54, 1.807) is 0 Å². The summed E-state index contributed by atoms with van der Waals surface area (Å²) in [6.45, 7) is 5.48. The maximum absolute atomic E-state index is 13.1. The van der Waals surface area contributed by atoms with Crippen LogP contribution in [-0.2, 0) is 25.6 Å². The number of carbonyl (C=O) groups is 4. The molecule has 0 spiro atoms. The van der Waals surface area contributed by atoms with Crippen LogP contribution in [0.25, 0.3) is 0 Å². The van der Waals surface area contributed by atoms with Crippen LogP contribution in [0.15, 0.2) is 24.3 Å². The number of halogens is 1. The quantitative estimate of drug-likeness (QED) is 0.0239. The molecule has 13 nitrogen and oxygen atoms in total. The Morgan fingerprint density at radius 3 is 2.14 bits per heavy atom. The number of guanidine groups is 1. The normalized spacial score (nSPS) is 12.8. The van der Waals surface area contributed by atoms with Crippen molar-refractivity contribution in [2.24, 2.45) is 17.4 Å². The molecule has 0 aliphatic heterocycles. The minimum Gasteiger partial charge on any atom is -1.00 e. The van der Waals surface area contributed by atoms with Crippen LogP contribution < -0.4 is 44.8 Å². The molecule has 0 fully saturated rings. The summed E-state index contributed by atoms with van der Waals surface area (Å²) in [6, 6.07) is 2.79. The first-order valence-electron chi connectivity index (χ1n) is 11.6. The molecule has 3 amide bonds. The monoisotopic (exact) mass is 542 g/mol. The molecule has 0 aliphatic carbocycles. The van der Waals surface area contributed by atoms with Crippen molar-refractivity contribution < 1.29 is 41.5 Å². The zero-order valence-corrected chi connectivity index (χ0v) is 21.9. The topological polar surface area (TPSA) is 214 Å². The van der Waals surface area contributed by atoms with E-state index in [1.807, 2.05) is 13.8 Å². The van der Waals surface area contributed by atoms with Crippen LogP contribution in [0.5, 0.6) is 0 Å². The van der Waals surface area contributed by atoms with Gasteiger partial charge >= 0.3 is 5.96 Å². The van der Waals surface area contributed by atoms with E-state index in [1.165, 1.54) is 31.2 Å². The maximum Gasteiger partial charge on any atom is 0.338 e. The second-order valence-corrected chi connectivity index (χ2v) is 8.85. The van der Waals surface area contributed by atoms with Crippen LogP contribution in [0.2, 0.25) is 0 Å². The number of benzene rings is 1. The zero-order chi connectivity index (χ0) is 27.3. The lowest BCUT2D eigenvalue weighted by Gasteiger charge is -2.25. The highest BCUT2D eigenvalue weighted by molar-refractivity contribution is 5.92. The number of nitrogens with two attached hydrogens (primary N) is 2. The molecular formula is C23H36ClN7O6. The lowest BCUT2D eigenvalue weighted by Crippen LogP contribution is -3.00. The first-order chi connectivity index (χ1) is 16.9. The van der Waals surface area contributed by atoms with Gasteiger partial charge in [-0.25, -0.2) is 0 Å². The molecule has 0 unspecified atom stereocenters. The average molecular weight is 543 g/mol. The van der Waals surface area contributed by atoms with Crippen LogP contribution in [0.4, 0.5) is 5.69 Å². The Labute approximate surface area is 221 Å². The number of carbonyl (C=O) groups excluding carboxylic acids is 4. The third-order valence-electron chi connectivity index (χ3n) is 5.13. The number of rotatable bonds is 15. The van der Waals surface area contributed by atoms with E-state index in [-0.39, 0.29) is 36.4 Å². The molecule has 14 heteroatoms. The molecular weight excluding hydrogens is 507 g/mol. The fraction of sp³-hybridized carbons (Fsp3) is 0.522. The van der Waals surface area contributed by atoms with Crippen LogP contribution in [0.1, 0.15) is 45.6 Å². The molecule has 8 N–H and O–H groups in total. The molecule has 0 aromatic heterocycles. The molecule has 0 saturated carbocycles. The van der Waals surface area contributed by atoms with E-state index in [0.29, 0.717) is 37.7 Å². The summed E-state index contributed by atoms with van der Waals surface area (Å²) in [5, 5.41) is 18.8. The highest BCUT2D eigenvalue weighted by Gasteiger charge is 2.28. The Kier molecular flexibility index (Phi) is 15.1. The van der Waals surface area contributed by atoms with Crippen molar-refractivity contribution in [1.29, 1.82) is 0 Å². The molecule has 0 bridgehead atoms. The van der Waals surface area contributed by atoms with Gasteiger partial charge in [-0.3, -0.25) is 41.0 Å². The minimum atomic E-state index is -1.10. The highest BCUT2D eigenvalue weighted by atomic mass is 35.5. The van der Waals surface area contributed by atoms with Gasteiger partial charge in [-0.15, -0.1) is 0 Å². The summed E-state index contributed by atoms with van der Waals surface area (Å²) in [5.41, 5.74) is 11.1.